The summed E-state index contributed by atoms with van der Waals surface area (Å²) in [6, 6.07) is 8.67. The van der Waals surface area contributed by atoms with Crippen LogP contribution >= 0.6 is 11.8 Å². The van der Waals surface area contributed by atoms with E-state index in [-0.39, 0.29) is 5.60 Å². The van der Waals surface area contributed by atoms with Gasteiger partial charge in [0.25, 0.3) is 0 Å². The first-order valence-corrected chi connectivity index (χ1v) is 7.80. The first kappa shape index (κ1) is 14.3. The number of ether oxygens (including phenoxy) is 1. The highest BCUT2D eigenvalue weighted by molar-refractivity contribution is 7.99. The van der Waals surface area contributed by atoms with Crippen LogP contribution in [-0.2, 0) is 0 Å². The molecule has 1 aromatic carbocycles. The minimum absolute atomic E-state index is 0.113. The normalized spacial score (nSPS) is 20.2. The topological polar surface area (TPSA) is 21.3 Å². The number of thioether (sulfide) groups is 1. The van der Waals surface area contributed by atoms with Gasteiger partial charge in [-0.05, 0) is 19.9 Å². The Morgan fingerprint density at radius 3 is 3.05 bits per heavy atom. The minimum atomic E-state index is -0.113. The Labute approximate surface area is 120 Å². The maximum Gasteiger partial charge on any atom is 0.124 e. The summed E-state index contributed by atoms with van der Waals surface area (Å²) in [6.07, 6.45) is 6.23. The van der Waals surface area contributed by atoms with E-state index >= 15 is 0 Å². The Hall–Kier alpha value is -1.11. The van der Waals surface area contributed by atoms with Gasteiger partial charge in [0, 0.05) is 30.3 Å². The molecule has 1 atom stereocenters. The molecule has 0 radical (unpaired) electrons. The first-order valence-electron chi connectivity index (χ1n) is 6.65. The third kappa shape index (κ3) is 3.92. The molecule has 1 heterocycles. The zero-order chi connectivity index (χ0) is 13.7. The van der Waals surface area contributed by atoms with Gasteiger partial charge in [0.1, 0.15) is 11.4 Å². The number of hydrogen-bond donors (Lipinski definition) is 1. The van der Waals surface area contributed by atoms with Gasteiger partial charge in [-0.1, -0.05) is 24.1 Å². The van der Waals surface area contributed by atoms with Crippen LogP contribution in [0.3, 0.4) is 0 Å². The van der Waals surface area contributed by atoms with Gasteiger partial charge in [-0.2, -0.15) is 0 Å². The van der Waals surface area contributed by atoms with Crippen molar-refractivity contribution in [1.29, 1.82) is 0 Å². The third-order valence-corrected chi connectivity index (χ3v) is 4.06. The molecular formula is C16H21NOS. The van der Waals surface area contributed by atoms with Crippen LogP contribution in [0.4, 0.5) is 0 Å². The predicted octanol–water partition coefficient (Wildman–Crippen LogP) is 3.24. The molecule has 0 saturated carbocycles. The van der Waals surface area contributed by atoms with E-state index < -0.39 is 0 Å². The lowest BCUT2D eigenvalue weighted by atomic mass is 9.90. The van der Waals surface area contributed by atoms with Crippen molar-refractivity contribution >= 4 is 11.8 Å². The van der Waals surface area contributed by atoms with Crippen molar-refractivity contribution in [2.45, 2.75) is 31.9 Å². The second-order valence-corrected chi connectivity index (χ2v) is 6.47. The van der Waals surface area contributed by atoms with E-state index in [4.69, 9.17) is 11.2 Å². The van der Waals surface area contributed by atoms with Gasteiger partial charge in [-0.3, -0.25) is 0 Å². The molecule has 0 fully saturated rings. The molecule has 102 valence electrons. The largest absolute Gasteiger partial charge is 0.487 e. The van der Waals surface area contributed by atoms with Crippen molar-refractivity contribution in [2.24, 2.45) is 0 Å². The van der Waals surface area contributed by atoms with Crippen molar-refractivity contribution in [3.8, 4) is 18.1 Å². The van der Waals surface area contributed by atoms with E-state index in [2.05, 4.69) is 43.3 Å². The molecule has 2 rings (SSSR count). The van der Waals surface area contributed by atoms with Crippen LogP contribution in [0.15, 0.2) is 24.3 Å². The SMILES string of the molecule is C#CCSCCNC1CC(C)(C)Oc2ccccc21. The van der Waals surface area contributed by atoms with Crippen LogP contribution in [0.1, 0.15) is 31.9 Å². The lowest BCUT2D eigenvalue weighted by Crippen LogP contribution is -2.40. The standard InChI is InChI=1S/C16H21NOS/c1-4-10-19-11-9-17-14-12-16(2,3)18-15-8-6-5-7-13(14)15/h1,5-8,14,17H,9-12H2,2-3H3. The molecule has 0 amide bonds. The first-order chi connectivity index (χ1) is 9.12. The summed E-state index contributed by atoms with van der Waals surface area (Å²) in [5, 5.41) is 3.62. The lowest BCUT2D eigenvalue weighted by molar-refractivity contribution is 0.0665. The Kier molecular flexibility index (Phi) is 4.79. The average Bonchev–Trinajstić information content (AvgIpc) is 2.37. The smallest absolute Gasteiger partial charge is 0.124 e. The predicted molar refractivity (Wildman–Crippen MR) is 82.7 cm³/mol. The molecule has 1 aromatic rings. The fourth-order valence-electron chi connectivity index (χ4n) is 2.42. The van der Waals surface area contributed by atoms with Gasteiger partial charge in [0.2, 0.25) is 0 Å². The van der Waals surface area contributed by atoms with E-state index in [0.717, 1.165) is 30.2 Å². The zero-order valence-corrected chi connectivity index (χ0v) is 12.4. The molecule has 1 unspecified atom stereocenters. The van der Waals surface area contributed by atoms with E-state index in [0.29, 0.717) is 6.04 Å². The van der Waals surface area contributed by atoms with E-state index in [1.165, 1.54) is 5.56 Å². The van der Waals surface area contributed by atoms with Crippen LogP contribution in [0.25, 0.3) is 0 Å². The van der Waals surface area contributed by atoms with Gasteiger partial charge >= 0.3 is 0 Å². The lowest BCUT2D eigenvalue weighted by Gasteiger charge is -2.38. The molecule has 3 heteroatoms. The summed E-state index contributed by atoms with van der Waals surface area (Å²) in [5.74, 6) is 5.49. The number of rotatable bonds is 5. The van der Waals surface area contributed by atoms with E-state index in [1.807, 2.05) is 6.07 Å². The van der Waals surface area contributed by atoms with Gasteiger partial charge in [0.15, 0.2) is 0 Å². The fraction of sp³-hybridized carbons (Fsp3) is 0.500. The summed E-state index contributed by atoms with van der Waals surface area (Å²) >= 11 is 1.79. The van der Waals surface area contributed by atoms with Crippen LogP contribution in [0.5, 0.6) is 5.75 Å². The van der Waals surface area contributed by atoms with Gasteiger partial charge in [-0.25, -0.2) is 0 Å². The quantitative estimate of drug-likeness (QED) is 0.658. The maximum absolute atomic E-state index is 6.02. The second kappa shape index (κ2) is 6.36. The molecule has 0 bridgehead atoms. The Balaban J connectivity index is 1.98. The van der Waals surface area contributed by atoms with Crippen molar-refractivity contribution in [3.05, 3.63) is 29.8 Å². The van der Waals surface area contributed by atoms with Crippen molar-refractivity contribution < 1.29 is 4.74 Å². The summed E-state index contributed by atoms with van der Waals surface area (Å²) in [6.45, 7) is 5.26. The summed E-state index contributed by atoms with van der Waals surface area (Å²) < 4.78 is 6.02. The molecule has 1 aliphatic heterocycles. The molecule has 0 aromatic heterocycles. The van der Waals surface area contributed by atoms with Crippen LogP contribution < -0.4 is 10.1 Å². The molecule has 1 N–H and O–H groups in total. The van der Waals surface area contributed by atoms with Gasteiger partial charge < -0.3 is 10.1 Å². The molecule has 0 saturated heterocycles. The van der Waals surface area contributed by atoms with Crippen molar-refractivity contribution in [1.82, 2.24) is 5.32 Å². The molecule has 1 aliphatic rings. The number of benzene rings is 1. The van der Waals surface area contributed by atoms with Crippen LogP contribution in [-0.4, -0.2) is 23.7 Å². The maximum atomic E-state index is 6.02. The van der Waals surface area contributed by atoms with Crippen LogP contribution in [0.2, 0.25) is 0 Å². The molecule has 19 heavy (non-hydrogen) atoms. The Morgan fingerprint density at radius 2 is 2.26 bits per heavy atom. The number of nitrogens with one attached hydrogen (secondary N) is 1. The Bertz CT molecular complexity index is 464. The summed E-state index contributed by atoms with van der Waals surface area (Å²) in [4.78, 5) is 0. The minimum Gasteiger partial charge on any atom is -0.487 e. The van der Waals surface area contributed by atoms with E-state index in [9.17, 15) is 0 Å². The number of terminal acetylenes is 1. The molecule has 2 nitrogen and oxygen atoms in total. The summed E-state index contributed by atoms with van der Waals surface area (Å²) in [5.41, 5.74) is 1.15. The number of fused-ring (bicyclic) bond motifs is 1. The van der Waals surface area contributed by atoms with E-state index in [1.54, 1.807) is 11.8 Å². The van der Waals surface area contributed by atoms with Crippen molar-refractivity contribution in [2.75, 3.05) is 18.1 Å². The highest BCUT2D eigenvalue weighted by atomic mass is 32.2. The van der Waals surface area contributed by atoms with Gasteiger partial charge in [0.05, 0.1) is 5.75 Å². The molecule has 0 spiro atoms. The third-order valence-electron chi connectivity index (χ3n) is 3.20. The van der Waals surface area contributed by atoms with Crippen molar-refractivity contribution in [3.63, 3.8) is 0 Å². The average molecular weight is 275 g/mol. The summed E-state index contributed by atoms with van der Waals surface area (Å²) in [7, 11) is 0. The fourth-order valence-corrected chi connectivity index (χ4v) is 2.95. The zero-order valence-electron chi connectivity index (χ0n) is 11.6. The van der Waals surface area contributed by atoms with Gasteiger partial charge in [-0.15, -0.1) is 18.2 Å². The monoisotopic (exact) mass is 275 g/mol. The molecule has 0 aliphatic carbocycles. The second-order valence-electron chi connectivity index (χ2n) is 5.37. The number of para-hydroxylation sites is 1. The number of hydrogen-bond acceptors (Lipinski definition) is 3. The molecular weight excluding hydrogens is 254 g/mol. The highest BCUT2D eigenvalue weighted by Gasteiger charge is 2.32. The van der Waals surface area contributed by atoms with Crippen LogP contribution in [0, 0.1) is 12.3 Å². The highest BCUT2D eigenvalue weighted by Crippen LogP contribution is 2.39. The Morgan fingerprint density at radius 1 is 1.47 bits per heavy atom.